The number of hydrogen-bond acceptors (Lipinski definition) is 6. The maximum Gasteiger partial charge on any atom is 0.387 e. The summed E-state index contributed by atoms with van der Waals surface area (Å²) in [6.45, 7) is -2.51. The van der Waals surface area contributed by atoms with Crippen LogP contribution in [0.4, 0.5) is 17.6 Å². The van der Waals surface area contributed by atoms with Crippen LogP contribution in [-0.2, 0) is 22.0 Å². The van der Waals surface area contributed by atoms with Gasteiger partial charge in [0.05, 0.1) is 16.8 Å². The number of nitrogens with two attached hydrogens (primary N) is 1. The van der Waals surface area contributed by atoms with Crippen LogP contribution in [-0.4, -0.2) is 57.2 Å². The highest BCUT2D eigenvalue weighted by molar-refractivity contribution is 7.88. The van der Waals surface area contributed by atoms with E-state index in [1.54, 1.807) is 18.2 Å². The normalized spacial score (nSPS) is 19.3. The molecular weight excluding hydrogens is 614 g/mol. The summed E-state index contributed by atoms with van der Waals surface area (Å²) in [6.07, 6.45) is 2.27. The SMILES string of the molecule is CS(=O)(=O)N1CCC(NCC2(c3ccccc3)Cc3c(cc(F)c(Cl)c3-c3c(C(N)=O)ccc(OC(F)F)c3F)O2)CC1. The number of benzene rings is 3. The maximum absolute atomic E-state index is 15.8. The van der Waals surface area contributed by atoms with Crippen molar-refractivity contribution in [1.29, 1.82) is 0 Å². The fourth-order valence-electron chi connectivity index (χ4n) is 5.70. The van der Waals surface area contributed by atoms with Crippen LogP contribution in [0.5, 0.6) is 11.5 Å². The number of sulfonamides is 1. The minimum atomic E-state index is -3.38. The molecule has 2 aliphatic rings. The van der Waals surface area contributed by atoms with E-state index < -0.39 is 61.7 Å². The summed E-state index contributed by atoms with van der Waals surface area (Å²) in [5.41, 5.74) is 4.01. The molecule has 1 amide bonds. The monoisotopic (exact) mass is 641 g/mol. The van der Waals surface area contributed by atoms with E-state index in [-0.39, 0.29) is 35.9 Å². The number of alkyl halides is 2. The van der Waals surface area contributed by atoms with E-state index in [0.29, 0.717) is 31.5 Å². The smallest absolute Gasteiger partial charge is 0.387 e. The van der Waals surface area contributed by atoms with Crippen molar-refractivity contribution in [2.45, 2.75) is 37.5 Å². The molecule has 3 aromatic carbocycles. The lowest BCUT2D eigenvalue weighted by Crippen LogP contribution is -2.50. The lowest BCUT2D eigenvalue weighted by molar-refractivity contribution is -0.0521. The molecule has 3 N–H and O–H groups in total. The van der Waals surface area contributed by atoms with Gasteiger partial charge in [-0.05, 0) is 30.5 Å². The van der Waals surface area contributed by atoms with E-state index >= 15 is 8.78 Å². The van der Waals surface area contributed by atoms with Crippen LogP contribution in [0, 0.1) is 11.6 Å². The van der Waals surface area contributed by atoms with Crippen LogP contribution >= 0.6 is 11.6 Å². The number of rotatable bonds is 9. The van der Waals surface area contributed by atoms with Gasteiger partial charge in [-0.2, -0.15) is 8.78 Å². The molecule has 14 heteroatoms. The Balaban J connectivity index is 1.57. The van der Waals surface area contributed by atoms with Gasteiger partial charge in [-0.3, -0.25) is 4.79 Å². The highest BCUT2D eigenvalue weighted by atomic mass is 35.5. The summed E-state index contributed by atoms with van der Waals surface area (Å²) < 4.78 is 93.2. The number of nitrogens with zero attached hydrogens (tertiary/aromatic N) is 1. The molecule has 1 saturated heterocycles. The van der Waals surface area contributed by atoms with Gasteiger partial charge in [0.2, 0.25) is 15.9 Å². The van der Waals surface area contributed by atoms with Gasteiger partial charge in [0.15, 0.2) is 17.2 Å². The fraction of sp³-hybridized carbons (Fsp3) is 0.345. The first-order valence-corrected chi connectivity index (χ1v) is 15.5. The number of carbonyl (C=O) groups is 1. The molecule has 0 saturated carbocycles. The Kier molecular flexibility index (Phi) is 8.63. The number of piperidine rings is 1. The van der Waals surface area contributed by atoms with Crippen LogP contribution in [0.2, 0.25) is 5.02 Å². The zero-order valence-corrected chi connectivity index (χ0v) is 24.5. The number of amides is 1. The minimum absolute atomic E-state index is 0.0180. The molecule has 0 bridgehead atoms. The Labute approximate surface area is 250 Å². The van der Waals surface area contributed by atoms with Crippen LogP contribution in [0.1, 0.15) is 34.3 Å². The number of primary amides is 1. The first kappa shape index (κ1) is 31.0. The van der Waals surface area contributed by atoms with Gasteiger partial charge in [0.1, 0.15) is 11.6 Å². The standard InChI is InChI=1S/C29H28ClF4N3O5S/c1-43(39,40)37-11-9-17(10-12-37)36-15-29(16-5-3-2-4-6-16)14-19-22(42-29)13-20(31)25(30)23(19)24-18(27(35)38)7-8-21(26(24)32)41-28(33)34/h2-8,13,17,28,36H,9-12,14-15H2,1H3,(H2,35,38). The van der Waals surface area contributed by atoms with Gasteiger partial charge in [0.25, 0.3) is 0 Å². The van der Waals surface area contributed by atoms with Crippen LogP contribution < -0.4 is 20.5 Å². The van der Waals surface area contributed by atoms with Gasteiger partial charge in [-0.25, -0.2) is 21.5 Å². The highest BCUT2D eigenvalue weighted by Crippen LogP contribution is 2.50. The summed E-state index contributed by atoms with van der Waals surface area (Å²) >= 11 is 6.40. The second-order valence-corrected chi connectivity index (χ2v) is 12.9. The Morgan fingerprint density at radius 1 is 1.16 bits per heavy atom. The summed E-state index contributed by atoms with van der Waals surface area (Å²) in [7, 11) is -3.31. The molecule has 0 radical (unpaired) electrons. The number of ether oxygens (including phenoxy) is 2. The van der Waals surface area contributed by atoms with Gasteiger partial charge in [0, 0.05) is 54.9 Å². The number of nitrogens with one attached hydrogen (secondary N) is 1. The zero-order chi connectivity index (χ0) is 31.1. The Morgan fingerprint density at radius 3 is 2.44 bits per heavy atom. The third kappa shape index (κ3) is 6.17. The summed E-state index contributed by atoms with van der Waals surface area (Å²) in [5.74, 6) is -4.31. The van der Waals surface area contributed by atoms with Crippen molar-refractivity contribution in [3.8, 4) is 22.6 Å². The molecule has 2 heterocycles. The predicted octanol–water partition coefficient (Wildman–Crippen LogP) is 4.83. The van der Waals surface area contributed by atoms with Crippen molar-refractivity contribution in [1.82, 2.24) is 9.62 Å². The topological polar surface area (TPSA) is 111 Å². The van der Waals surface area contributed by atoms with Crippen molar-refractivity contribution in [3.05, 3.63) is 81.9 Å². The lowest BCUT2D eigenvalue weighted by Gasteiger charge is -2.35. The van der Waals surface area contributed by atoms with Crippen LogP contribution in [0.3, 0.4) is 0 Å². The van der Waals surface area contributed by atoms with E-state index in [1.165, 1.54) is 10.6 Å². The summed E-state index contributed by atoms with van der Waals surface area (Å²) in [4.78, 5) is 12.3. The molecule has 1 atom stereocenters. The van der Waals surface area contributed by atoms with Crippen molar-refractivity contribution in [2.75, 3.05) is 25.9 Å². The first-order valence-electron chi connectivity index (χ1n) is 13.3. The van der Waals surface area contributed by atoms with Gasteiger partial charge < -0.3 is 20.5 Å². The highest BCUT2D eigenvalue weighted by Gasteiger charge is 2.44. The van der Waals surface area contributed by atoms with E-state index in [2.05, 4.69) is 10.1 Å². The maximum atomic E-state index is 15.8. The summed E-state index contributed by atoms with van der Waals surface area (Å²) in [6, 6.07) is 11.8. The van der Waals surface area contributed by atoms with Crippen molar-refractivity contribution >= 4 is 27.5 Å². The molecular formula is C29H28ClF4N3O5S. The molecule has 0 spiro atoms. The Hall–Kier alpha value is -3.39. The largest absolute Gasteiger partial charge is 0.480 e. The van der Waals surface area contributed by atoms with E-state index in [4.69, 9.17) is 22.1 Å². The van der Waals surface area contributed by atoms with Gasteiger partial charge in [-0.15, -0.1) is 0 Å². The molecule has 1 fully saturated rings. The second kappa shape index (κ2) is 11.9. The third-order valence-corrected chi connectivity index (χ3v) is 9.46. The lowest BCUT2D eigenvalue weighted by atomic mass is 9.85. The second-order valence-electron chi connectivity index (χ2n) is 10.5. The fourth-order valence-corrected chi connectivity index (χ4v) is 6.84. The number of fused-ring (bicyclic) bond motifs is 1. The minimum Gasteiger partial charge on any atom is -0.480 e. The molecule has 0 aromatic heterocycles. The average molecular weight is 642 g/mol. The molecule has 3 aromatic rings. The molecule has 2 aliphatic heterocycles. The summed E-state index contributed by atoms with van der Waals surface area (Å²) in [5, 5.41) is 2.89. The van der Waals surface area contributed by atoms with Crippen molar-refractivity contribution in [2.24, 2.45) is 5.73 Å². The average Bonchev–Trinajstić information content (AvgIpc) is 3.33. The van der Waals surface area contributed by atoms with Crippen LogP contribution in [0.15, 0.2) is 48.5 Å². The number of carbonyl (C=O) groups excluding carboxylic acids is 1. The molecule has 1 unspecified atom stereocenters. The Bertz CT molecular complexity index is 1650. The molecule has 8 nitrogen and oxygen atoms in total. The van der Waals surface area contributed by atoms with Gasteiger partial charge >= 0.3 is 6.61 Å². The van der Waals surface area contributed by atoms with E-state index in [0.717, 1.165) is 18.2 Å². The molecule has 230 valence electrons. The van der Waals surface area contributed by atoms with E-state index in [9.17, 15) is 22.0 Å². The van der Waals surface area contributed by atoms with Crippen molar-refractivity contribution < 1.29 is 40.2 Å². The molecule has 43 heavy (non-hydrogen) atoms. The molecule has 0 aliphatic carbocycles. The van der Waals surface area contributed by atoms with Crippen molar-refractivity contribution in [3.63, 3.8) is 0 Å². The zero-order valence-electron chi connectivity index (χ0n) is 22.9. The predicted molar refractivity (Wildman–Crippen MR) is 152 cm³/mol. The Morgan fingerprint density at radius 2 is 1.84 bits per heavy atom. The van der Waals surface area contributed by atoms with Gasteiger partial charge in [-0.1, -0.05) is 41.9 Å². The first-order chi connectivity index (χ1) is 20.3. The van der Waals surface area contributed by atoms with Crippen LogP contribution in [0.25, 0.3) is 11.1 Å². The number of hydrogen-bond donors (Lipinski definition) is 2. The van der Waals surface area contributed by atoms with E-state index in [1.807, 2.05) is 12.1 Å². The quantitative estimate of drug-likeness (QED) is 0.324. The number of halogens is 5. The third-order valence-electron chi connectivity index (χ3n) is 7.79. The molecule has 5 rings (SSSR count).